The molecule has 14 heteroatoms. The molecule has 196 valence electrons. The number of hydrogen-bond acceptors (Lipinski definition) is 5. The number of rotatable bonds is 6. The van der Waals surface area contributed by atoms with Crippen LogP contribution in [-0.4, -0.2) is 27.2 Å². The topological polar surface area (TPSA) is 109 Å². The molecule has 2 aromatic carbocycles. The SMILES string of the molecule is Cc1ccc(S(=O)(=O)n2cc(S(=O)(=O)Nc3cc(F)c(Br)cc3F)c3c2C[C@@](C#N)(C(F)F)CC3)cc1. The Kier molecular flexibility index (Phi) is 6.93. The highest BCUT2D eigenvalue weighted by atomic mass is 79.9. The summed E-state index contributed by atoms with van der Waals surface area (Å²) < 4.78 is 112. The van der Waals surface area contributed by atoms with E-state index in [1.54, 1.807) is 13.0 Å². The summed E-state index contributed by atoms with van der Waals surface area (Å²) in [6, 6.07) is 8.44. The molecular formula is C23H18BrF4N3O4S2. The lowest BCUT2D eigenvalue weighted by Gasteiger charge is -2.31. The number of aryl methyl sites for hydroxylation is 1. The number of alkyl halides is 2. The number of sulfonamides is 1. The molecule has 0 saturated carbocycles. The fourth-order valence-corrected chi connectivity index (χ4v) is 7.27. The molecule has 0 amide bonds. The van der Waals surface area contributed by atoms with Gasteiger partial charge in [-0.15, -0.1) is 0 Å². The van der Waals surface area contributed by atoms with Gasteiger partial charge in [-0.05, 0) is 59.5 Å². The Bertz CT molecular complexity index is 1650. The number of halogens is 5. The predicted molar refractivity (Wildman–Crippen MR) is 129 cm³/mol. The Hall–Kier alpha value is -2.89. The zero-order valence-electron chi connectivity index (χ0n) is 19.0. The number of nitrogens with zero attached hydrogens (tertiary/aromatic N) is 2. The van der Waals surface area contributed by atoms with E-state index >= 15 is 0 Å². The van der Waals surface area contributed by atoms with E-state index in [4.69, 9.17) is 0 Å². The Balaban J connectivity index is 1.91. The molecule has 0 unspecified atom stereocenters. The van der Waals surface area contributed by atoms with Gasteiger partial charge in [-0.3, -0.25) is 4.72 Å². The molecular weight excluding hydrogens is 602 g/mol. The number of hydrogen-bond donors (Lipinski definition) is 1. The van der Waals surface area contributed by atoms with Crippen molar-refractivity contribution in [3.63, 3.8) is 0 Å². The fourth-order valence-electron chi connectivity index (χ4n) is 4.13. The van der Waals surface area contributed by atoms with Crippen molar-refractivity contribution in [2.45, 2.75) is 42.4 Å². The quantitative estimate of drug-likeness (QED) is 0.304. The first kappa shape index (κ1) is 27.2. The van der Waals surface area contributed by atoms with Crippen LogP contribution in [0.15, 0.2) is 56.9 Å². The molecule has 37 heavy (non-hydrogen) atoms. The van der Waals surface area contributed by atoms with Gasteiger partial charge in [-0.2, -0.15) is 5.26 Å². The van der Waals surface area contributed by atoms with Crippen molar-refractivity contribution >= 4 is 41.7 Å². The number of fused-ring (bicyclic) bond motifs is 1. The second-order valence-electron chi connectivity index (χ2n) is 8.63. The van der Waals surface area contributed by atoms with Crippen LogP contribution in [0, 0.1) is 35.3 Å². The summed E-state index contributed by atoms with van der Waals surface area (Å²) in [5.41, 5.74) is -2.63. The second kappa shape index (κ2) is 9.45. The third-order valence-corrected chi connectivity index (χ3v) is 9.95. The maximum Gasteiger partial charge on any atom is 0.267 e. The van der Waals surface area contributed by atoms with Gasteiger partial charge in [-0.25, -0.2) is 38.4 Å². The minimum absolute atomic E-state index is 0.104. The third kappa shape index (κ3) is 4.75. The molecule has 1 aromatic heterocycles. The molecule has 3 aromatic rings. The van der Waals surface area contributed by atoms with Crippen LogP contribution in [0.25, 0.3) is 0 Å². The monoisotopic (exact) mass is 619 g/mol. The summed E-state index contributed by atoms with van der Waals surface area (Å²) >= 11 is 2.78. The summed E-state index contributed by atoms with van der Waals surface area (Å²) in [6.45, 7) is 1.72. The van der Waals surface area contributed by atoms with E-state index < -0.39 is 66.9 Å². The van der Waals surface area contributed by atoms with Gasteiger partial charge in [0.2, 0.25) is 0 Å². The molecule has 7 nitrogen and oxygen atoms in total. The van der Waals surface area contributed by atoms with Crippen molar-refractivity contribution in [2.24, 2.45) is 5.41 Å². The lowest BCUT2D eigenvalue weighted by Crippen LogP contribution is -2.36. The summed E-state index contributed by atoms with van der Waals surface area (Å²) in [5, 5.41) is 9.52. The predicted octanol–water partition coefficient (Wildman–Crippen LogP) is 5.14. The molecule has 1 atom stereocenters. The van der Waals surface area contributed by atoms with Crippen LogP contribution in [0.2, 0.25) is 0 Å². The van der Waals surface area contributed by atoms with Crippen molar-refractivity contribution in [1.29, 1.82) is 5.26 Å². The Morgan fingerprint density at radius 2 is 1.76 bits per heavy atom. The first-order valence-electron chi connectivity index (χ1n) is 10.6. The largest absolute Gasteiger partial charge is 0.276 e. The van der Waals surface area contributed by atoms with Gasteiger partial charge in [-0.1, -0.05) is 17.7 Å². The molecule has 0 aliphatic heterocycles. The van der Waals surface area contributed by atoms with Gasteiger partial charge in [0.1, 0.15) is 21.9 Å². The summed E-state index contributed by atoms with van der Waals surface area (Å²) in [6.07, 6.45) is -3.93. The Morgan fingerprint density at radius 1 is 1.11 bits per heavy atom. The van der Waals surface area contributed by atoms with Crippen molar-refractivity contribution in [1.82, 2.24) is 3.97 Å². The number of nitrogens with one attached hydrogen (secondary N) is 1. The van der Waals surface area contributed by atoms with Crippen LogP contribution < -0.4 is 4.72 Å². The molecule has 0 spiro atoms. The van der Waals surface area contributed by atoms with Crippen molar-refractivity contribution in [3.8, 4) is 6.07 Å². The second-order valence-corrected chi connectivity index (χ2v) is 12.9. The van der Waals surface area contributed by atoms with Crippen molar-refractivity contribution in [3.05, 3.63) is 75.5 Å². The molecule has 0 saturated heterocycles. The molecule has 1 heterocycles. The first-order chi connectivity index (χ1) is 17.2. The highest BCUT2D eigenvalue weighted by Crippen LogP contribution is 2.43. The van der Waals surface area contributed by atoms with E-state index in [0.717, 1.165) is 11.8 Å². The number of nitriles is 1. The van der Waals surface area contributed by atoms with E-state index in [-0.39, 0.29) is 27.0 Å². The average molecular weight is 620 g/mol. The highest BCUT2D eigenvalue weighted by molar-refractivity contribution is 9.10. The van der Waals surface area contributed by atoms with E-state index in [0.29, 0.717) is 16.1 Å². The standard InChI is InChI=1S/C23H18BrF4N3O4S2/c1-13-2-4-14(5-3-13)37(34,35)31-11-21(15-6-7-23(12-29,22(27)28)10-20(15)31)36(32,33)30-19-9-17(25)16(24)8-18(19)26/h2-5,8-9,11,22,30H,6-7,10H2,1H3/t23-/m0/s1. The fraction of sp³-hybridized carbons (Fsp3) is 0.261. The van der Waals surface area contributed by atoms with Crippen LogP contribution in [-0.2, 0) is 32.9 Å². The molecule has 1 N–H and O–H groups in total. The zero-order valence-corrected chi connectivity index (χ0v) is 22.2. The number of anilines is 1. The molecule has 0 radical (unpaired) electrons. The van der Waals surface area contributed by atoms with Crippen LogP contribution in [0.4, 0.5) is 23.2 Å². The third-order valence-electron chi connectivity index (χ3n) is 6.21. The molecule has 0 fully saturated rings. The maximum atomic E-state index is 14.4. The van der Waals surface area contributed by atoms with Crippen LogP contribution in [0.3, 0.4) is 0 Å². The van der Waals surface area contributed by atoms with E-state index in [1.807, 2.05) is 4.72 Å². The van der Waals surface area contributed by atoms with E-state index in [1.165, 1.54) is 24.3 Å². The van der Waals surface area contributed by atoms with E-state index in [2.05, 4.69) is 15.9 Å². The summed E-state index contributed by atoms with van der Waals surface area (Å²) in [7, 11) is -9.21. The van der Waals surface area contributed by atoms with Gasteiger partial charge in [0, 0.05) is 24.4 Å². The van der Waals surface area contributed by atoms with E-state index in [9.17, 15) is 39.7 Å². The summed E-state index contributed by atoms with van der Waals surface area (Å²) in [5.74, 6) is -2.07. The van der Waals surface area contributed by atoms with Crippen LogP contribution in [0.1, 0.15) is 23.2 Å². The Morgan fingerprint density at radius 3 is 2.35 bits per heavy atom. The van der Waals surface area contributed by atoms with Gasteiger partial charge < -0.3 is 0 Å². The number of aromatic nitrogens is 1. The van der Waals surface area contributed by atoms with Crippen molar-refractivity contribution < 1.29 is 34.4 Å². The van der Waals surface area contributed by atoms with Gasteiger partial charge in [0.25, 0.3) is 26.5 Å². The molecule has 1 aliphatic carbocycles. The average Bonchev–Trinajstić information content (AvgIpc) is 3.23. The smallest absolute Gasteiger partial charge is 0.267 e. The Labute approximate surface area is 219 Å². The summed E-state index contributed by atoms with van der Waals surface area (Å²) in [4.78, 5) is -0.847. The minimum Gasteiger partial charge on any atom is -0.276 e. The highest BCUT2D eigenvalue weighted by Gasteiger charge is 2.47. The number of benzene rings is 2. The maximum absolute atomic E-state index is 14.4. The van der Waals surface area contributed by atoms with Crippen LogP contribution >= 0.6 is 15.9 Å². The first-order valence-corrected chi connectivity index (χ1v) is 14.4. The minimum atomic E-state index is -4.73. The lowest BCUT2D eigenvalue weighted by atomic mass is 9.75. The lowest BCUT2D eigenvalue weighted by molar-refractivity contribution is 0.0228. The van der Waals surface area contributed by atoms with Gasteiger partial charge in [0.05, 0.1) is 21.1 Å². The molecule has 0 bridgehead atoms. The molecule has 1 aliphatic rings. The normalized spacial score (nSPS) is 17.9. The van der Waals surface area contributed by atoms with Crippen LogP contribution in [0.5, 0.6) is 0 Å². The zero-order chi connectivity index (χ0) is 27.3. The van der Waals surface area contributed by atoms with Gasteiger partial charge >= 0.3 is 0 Å². The van der Waals surface area contributed by atoms with Crippen molar-refractivity contribution in [2.75, 3.05) is 4.72 Å². The van der Waals surface area contributed by atoms with Gasteiger partial charge in [0.15, 0.2) is 0 Å². The molecule has 4 rings (SSSR count).